The van der Waals surface area contributed by atoms with Crippen molar-refractivity contribution in [2.75, 3.05) is 7.05 Å². The predicted octanol–water partition coefficient (Wildman–Crippen LogP) is 2.35. The van der Waals surface area contributed by atoms with Gasteiger partial charge < -0.3 is 10.6 Å². The molecule has 17 heavy (non-hydrogen) atoms. The second kappa shape index (κ2) is 4.31. The van der Waals surface area contributed by atoms with Gasteiger partial charge in [0, 0.05) is 12.1 Å². The van der Waals surface area contributed by atoms with Crippen LogP contribution in [0.25, 0.3) is 0 Å². The van der Waals surface area contributed by atoms with Crippen molar-refractivity contribution in [2.24, 2.45) is 5.73 Å². The molecule has 0 saturated heterocycles. The zero-order chi connectivity index (χ0) is 12.6. The fourth-order valence-electron chi connectivity index (χ4n) is 1.87. The van der Waals surface area contributed by atoms with E-state index in [2.05, 4.69) is 0 Å². The quantitative estimate of drug-likeness (QED) is 0.898. The van der Waals surface area contributed by atoms with Crippen LogP contribution in [0.4, 0.5) is 0 Å². The first-order valence-electron chi connectivity index (χ1n) is 5.76. The highest BCUT2D eigenvalue weighted by atomic mass is 35.5. The number of carbonyl (C=O) groups is 1. The van der Waals surface area contributed by atoms with Crippen LogP contribution in [0.2, 0.25) is 5.02 Å². The molecule has 1 aromatic carbocycles. The number of likely N-dealkylation sites (N-methyl/N-ethyl adjacent to an activating group) is 1. The zero-order valence-electron chi connectivity index (χ0n) is 10.1. The summed E-state index contributed by atoms with van der Waals surface area (Å²) in [5.41, 5.74) is 6.34. The molecule has 1 aromatic rings. The highest BCUT2D eigenvalue weighted by Crippen LogP contribution is 2.36. The molecule has 1 atom stereocenters. The monoisotopic (exact) mass is 252 g/mol. The maximum atomic E-state index is 12.1. The second-order valence-corrected chi connectivity index (χ2v) is 5.24. The van der Waals surface area contributed by atoms with Crippen molar-refractivity contribution in [2.45, 2.75) is 31.3 Å². The molecule has 92 valence electrons. The Labute approximate surface area is 107 Å². The minimum absolute atomic E-state index is 0.0118. The van der Waals surface area contributed by atoms with Gasteiger partial charge in [-0.15, -0.1) is 0 Å². The molecule has 2 N–H and O–H groups in total. The fraction of sp³-hybridized carbons (Fsp3) is 0.462. The Hall–Kier alpha value is -1.06. The minimum atomic E-state index is -0.610. The first-order valence-corrected chi connectivity index (χ1v) is 6.13. The standard InChI is InChI=1S/C13H17ClN2O/c1-9(10-4-3-5-11(14)8-10)16(2)12(17)13(15)6-7-13/h3-5,8-9H,6-7,15H2,1-2H3. The van der Waals surface area contributed by atoms with E-state index in [4.69, 9.17) is 17.3 Å². The first-order chi connectivity index (χ1) is 7.94. The molecule has 0 radical (unpaired) electrons. The number of amides is 1. The van der Waals surface area contributed by atoms with Gasteiger partial charge in [-0.1, -0.05) is 23.7 Å². The van der Waals surface area contributed by atoms with Crippen molar-refractivity contribution in [3.05, 3.63) is 34.9 Å². The molecule has 1 unspecified atom stereocenters. The van der Waals surface area contributed by atoms with E-state index < -0.39 is 5.54 Å². The summed E-state index contributed by atoms with van der Waals surface area (Å²) in [5.74, 6) is 0.0185. The number of carbonyl (C=O) groups excluding carboxylic acids is 1. The van der Waals surface area contributed by atoms with Crippen molar-refractivity contribution in [3.63, 3.8) is 0 Å². The molecule has 3 nitrogen and oxygen atoms in total. The Morgan fingerprint density at radius 3 is 2.71 bits per heavy atom. The molecule has 1 amide bonds. The number of nitrogens with two attached hydrogens (primary N) is 1. The van der Waals surface area contributed by atoms with Gasteiger partial charge in [0.2, 0.25) is 5.91 Å². The lowest BCUT2D eigenvalue weighted by Crippen LogP contribution is -2.44. The Kier molecular flexibility index (Phi) is 3.15. The SMILES string of the molecule is CC(c1cccc(Cl)c1)N(C)C(=O)C1(N)CC1. The van der Waals surface area contributed by atoms with E-state index in [-0.39, 0.29) is 11.9 Å². The molecule has 2 rings (SSSR count). The molecule has 0 heterocycles. The predicted molar refractivity (Wildman–Crippen MR) is 68.8 cm³/mol. The molecule has 0 aromatic heterocycles. The van der Waals surface area contributed by atoms with Crippen LogP contribution in [0.1, 0.15) is 31.4 Å². The van der Waals surface area contributed by atoms with Gasteiger partial charge in [0.15, 0.2) is 0 Å². The molecule has 1 aliphatic carbocycles. The third-order valence-corrected chi connectivity index (χ3v) is 3.68. The van der Waals surface area contributed by atoms with Gasteiger partial charge in [0.25, 0.3) is 0 Å². The molecule has 4 heteroatoms. The third kappa shape index (κ3) is 2.45. The molecule has 1 aliphatic rings. The van der Waals surface area contributed by atoms with E-state index in [1.54, 1.807) is 11.9 Å². The van der Waals surface area contributed by atoms with E-state index in [0.29, 0.717) is 5.02 Å². The molecule has 0 aliphatic heterocycles. The van der Waals surface area contributed by atoms with Gasteiger partial charge in [-0.3, -0.25) is 4.79 Å². The molecule has 1 saturated carbocycles. The van der Waals surface area contributed by atoms with Crippen LogP contribution in [-0.4, -0.2) is 23.4 Å². The number of hydrogen-bond acceptors (Lipinski definition) is 2. The maximum Gasteiger partial charge on any atom is 0.242 e. The Morgan fingerprint density at radius 1 is 1.53 bits per heavy atom. The van der Waals surface area contributed by atoms with Gasteiger partial charge in [-0.2, -0.15) is 0 Å². The van der Waals surface area contributed by atoms with E-state index in [1.807, 2.05) is 31.2 Å². The lowest BCUT2D eigenvalue weighted by Gasteiger charge is -2.28. The number of rotatable bonds is 3. The van der Waals surface area contributed by atoms with Crippen molar-refractivity contribution >= 4 is 17.5 Å². The van der Waals surface area contributed by atoms with E-state index in [0.717, 1.165) is 18.4 Å². The highest BCUT2D eigenvalue weighted by Gasteiger charge is 2.48. The molecule has 0 bridgehead atoms. The lowest BCUT2D eigenvalue weighted by atomic mass is 10.1. The topological polar surface area (TPSA) is 46.3 Å². The number of benzene rings is 1. The summed E-state index contributed by atoms with van der Waals surface area (Å²) in [6.07, 6.45) is 1.58. The summed E-state index contributed by atoms with van der Waals surface area (Å²) in [6, 6.07) is 7.55. The van der Waals surface area contributed by atoms with Gasteiger partial charge in [-0.05, 0) is 37.5 Å². The van der Waals surface area contributed by atoms with Crippen LogP contribution in [0, 0.1) is 0 Å². The molecular weight excluding hydrogens is 236 g/mol. The largest absolute Gasteiger partial charge is 0.337 e. The van der Waals surface area contributed by atoms with Crippen LogP contribution in [-0.2, 0) is 4.79 Å². The van der Waals surface area contributed by atoms with E-state index in [1.165, 1.54) is 0 Å². The number of hydrogen-bond donors (Lipinski definition) is 1. The fourth-order valence-corrected chi connectivity index (χ4v) is 2.06. The summed E-state index contributed by atoms with van der Waals surface area (Å²) in [7, 11) is 1.79. The number of halogens is 1. The van der Waals surface area contributed by atoms with Gasteiger partial charge in [0.1, 0.15) is 0 Å². The summed E-state index contributed by atoms with van der Waals surface area (Å²) in [4.78, 5) is 13.8. The second-order valence-electron chi connectivity index (χ2n) is 4.80. The zero-order valence-corrected chi connectivity index (χ0v) is 10.9. The minimum Gasteiger partial charge on any atom is -0.337 e. The Balaban J connectivity index is 2.14. The van der Waals surface area contributed by atoms with Crippen molar-refractivity contribution < 1.29 is 4.79 Å². The summed E-state index contributed by atoms with van der Waals surface area (Å²) in [5, 5.41) is 0.684. The van der Waals surface area contributed by atoms with Gasteiger partial charge >= 0.3 is 0 Å². The van der Waals surface area contributed by atoms with Crippen LogP contribution in [0.15, 0.2) is 24.3 Å². The van der Waals surface area contributed by atoms with Crippen LogP contribution in [0.3, 0.4) is 0 Å². The average Bonchev–Trinajstić information content (AvgIpc) is 3.06. The average molecular weight is 253 g/mol. The summed E-state index contributed by atoms with van der Waals surface area (Å²) < 4.78 is 0. The van der Waals surface area contributed by atoms with Crippen molar-refractivity contribution in [1.82, 2.24) is 4.90 Å². The van der Waals surface area contributed by atoms with Gasteiger partial charge in [0.05, 0.1) is 11.6 Å². The number of nitrogens with zero attached hydrogens (tertiary/aromatic N) is 1. The summed E-state index contributed by atoms with van der Waals surface area (Å²) >= 11 is 5.95. The van der Waals surface area contributed by atoms with Gasteiger partial charge in [-0.25, -0.2) is 0 Å². The Bertz CT molecular complexity index is 443. The van der Waals surface area contributed by atoms with E-state index in [9.17, 15) is 4.79 Å². The first kappa shape index (κ1) is 12.4. The smallest absolute Gasteiger partial charge is 0.242 e. The molecular formula is C13H17ClN2O. The van der Waals surface area contributed by atoms with Crippen molar-refractivity contribution in [1.29, 1.82) is 0 Å². The summed E-state index contributed by atoms with van der Waals surface area (Å²) in [6.45, 7) is 1.98. The third-order valence-electron chi connectivity index (χ3n) is 3.45. The molecule has 0 spiro atoms. The Morgan fingerprint density at radius 2 is 2.18 bits per heavy atom. The highest BCUT2D eigenvalue weighted by molar-refractivity contribution is 6.30. The molecule has 1 fully saturated rings. The van der Waals surface area contributed by atoms with Crippen molar-refractivity contribution in [3.8, 4) is 0 Å². The maximum absolute atomic E-state index is 12.1. The lowest BCUT2D eigenvalue weighted by molar-refractivity contribution is -0.134. The van der Waals surface area contributed by atoms with Crippen LogP contribution in [0.5, 0.6) is 0 Å². The van der Waals surface area contributed by atoms with Crippen LogP contribution < -0.4 is 5.73 Å². The van der Waals surface area contributed by atoms with E-state index >= 15 is 0 Å². The van der Waals surface area contributed by atoms with Crippen LogP contribution >= 0.6 is 11.6 Å². The normalized spacial score (nSPS) is 18.6.